The number of carbonyl (C=O) groups is 2. The van der Waals surface area contributed by atoms with E-state index in [2.05, 4.69) is 14.8 Å². The average molecular weight is 445 g/mol. The first kappa shape index (κ1) is 23.6. The van der Waals surface area contributed by atoms with Crippen LogP contribution in [0.1, 0.15) is 11.1 Å². The molecular formula is C20H16F5NO5. The molecule has 0 spiro atoms. The van der Waals surface area contributed by atoms with Gasteiger partial charge in [0.05, 0.1) is 25.9 Å². The highest BCUT2D eigenvalue weighted by Gasteiger charge is 2.33. The molecule has 2 aromatic carbocycles. The molecule has 6 nitrogen and oxygen atoms in total. The molecule has 0 aliphatic heterocycles. The second kappa shape index (κ2) is 9.45. The third kappa shape index (κ3) is 5.71. The molecule has 0 saturated heterocycles. The van der Waals surface area contributed by atoms with Crippen molar-refractivity contribution in [1.82, 2.24) is 0 Å². The molecule has 0 aliphatic rings. The van der Waals surface area contributed by atoms with Crippen molar-refractivity contribution in [3.8, 4) is 11.5 Å². The van der Waals surface area contributed by atoms with Crippen LogP contribution in [0.3, 0.4) is 0 Å². The summed E-state index contributed by atoms with van der Waals surface area (Å²) in [5, 5.41) is 2.62. The van der Waals surface area contributed by atoms with Gasteiger partial charge in [0.25, 0.3) is 0 Å². The number of nitrogens with one attached hydrogen (secondary N) is 1. The monoisotopic (exact) mass is 445 g/mol. The maximum absolute atomic E-state index is 14.1. The molecule has 0 aliphatic carbocycles. The third-order valence-corrected chi connectivity index (χ3v) is 3.96. The number of alkyl halides is 3. The van der Waals surface area contributed by atoms with Crippen LogP contribution in [0.15, 0.2) is 42.1 Å². The van der Waals surface area contributed by atoms with Crippen molar-refractivity contribution >= 4 is 17.6 Å². The molecule has 0 amide bonds. The molecular weight excluding hydrogens is 429 g/mol. The second-order valence-electron chi connectivity index (χ2n) is 6.00. The van der Waals surface area contributed by atoms with Crippen LogP contribution < -0.4 is 10.1 Å². The first-order chi connectivity index (χ1) is 14.5. The van der Waals surface area contributed by atoms with Crippen molar-refractivity contribution in [3.63, 3.8) is 0 Å². The van der Waals surface area contributed by atoms with Gasteiger partial charge in [-0.1, -0.05) is 6.07 Å². The molecule has 0 saturated carbocycles. The van der Waals surface area contributed by atoms with E-state index in [9.17, 15) is 31.5 Å². The Morgan fingerprint density at radius 2 is 1.65 bits per heavy atom. The molecule has 0 radical (unpaired) electrons. The Hall–Kier alpha value is -3.63. The first-order valence-electron chi connectivity index (χ1n) is 8.46. The van der Waals surface area contributed by atoms with Crippen molar-refractivity contribution in [2.45, 2.75) is 13.1 Å². The Labute approximate surface area is 173 Å². The molecule has 0 bridgehead atoms. The van der Waals surface area contributed by atoms with Crippen LogP contribution in [0.4, 0.5) is 27.6 Å². The molecule has 2 rings (SSSR count). The highest BCUT2D eigenvalue weighted by atomic mass is 19.4. The van der Waals surface area contributed by atoms with E-state index in [1.54, 1.807) is 0 Å². The van der Waals surface area contributed by atoms with Gasteiger partial charge in [0.15, 0.2) is 17.4 Å². The fraction of sp³-hybridized carbons (Fsp3) is 0.200. The zero-order valence-corrected chi connectivity index (χ0v) is 16.4. The standard InChI is InChI=1S/C20H16F5NO5/c1-10-14(26-15(19(28)30-3)9-17(27)29-2)5-4-6-16(10)31-18-12(21)7-11(8-13(18)22)20(23,24)25/h4-9,26H,1-3H3/b15-9+. The Kier molecular flexibility index (Phi) is 7.21. The molecule has 31 heavy (non-hydrogen) atoms. The number of anilines is 1. The summed E-state index contributed by atoms with van der Waals surface area (Å²) in [6.45, 7) is 1.45. The molecule has 166 valence electrons. The summed E-state index contributed by atoms with van der Waals surface area (Å²) in [6.07, 6.45) is -4.11. The quantitative estimate of drug-likeness (QED) is 0.394. The highest BCUT2D eigenvalue weighted by molar-refractivity contribution is 5.98. The summed E-state index contributed by atoms with van der Waals surface area (Å²) in [6, 6.07) is 4.38. The molecule has 0 atom stereocenters. The van der Waals surface area contributed by atoms with Gasteiger partial charge < -0.3 is 19.5 Å². The second-order valence-corrected chi connectivity index (χ2v) is 6.00. The summed E-state index contributed by atoms with van der Waals surface area (Å²) >= 11 is 0. The molecule has 11 heteroatoms. The lowest BCUT2D eigenvalue weighted by Crippen LogP contribution is -2.16. The minimum absolute atomic E-state index is 0.115. The average Bonchev–Trinajstić information content (AvgIpc) is 2.70. The summed E-state index contributed by atoms with van der Waals surface area (Å²) in [7, 11) is 2.18. The lowest BCUT2D eigenvalue weighted by atomic mass is 10.1. The molecule has 2 aromatic rings. The number of rotatable bonds is 6. The van der Waals surface area contributed by atoms with Crippen molar-refractivity contribution < 1.29 is 45.8 Å². The van der Waals surface area contributed by atoms with E-state index in [4.69, 9.17) is 4.74 Å². The first-order valence-corrected chi connectivity index (χ1v) is 8.46. The van der Waals surface area contributed by atoms with Crippen molar-refractivity contribution in [3.05, 3.63) is 64.9 Å². The highest BCUT2D eigenvalue weighted by Crippen LogP contribution is 2.37. The Morgan fingerprint density at radius 1 is 1.03 bits per heavy atom. The van der Waals surface area contributed by atoms with Crippen LogP contribution >= 0.6 is 0 Å². The van der Waals surface area contributed by atoms with Gasteiger partial charge in [-0.15, -0.1) is 0 Å². The number of hydrogen-bond donors (Lipinski definition) is 1. The van der Waals surface area contributed by atoms with E-state index >= 15 is 0 Å². The van der Waals surface area contributed by atoms with E-state index in [0.29, 0.717) is 0 Å². The normalized spacial score (nSPS) is 11.7. The van der Waals surface area contributed by atoms with Crippen LogP contribution in [-0.4, -0.2) is 26.2 Å². The molecule has 0 aromatic heterocycles. The predicted molar refractivity (Wildman–Crippen MR) is 98.4 cm³/mol. The maximum Gasteiger partial charge on any atom is 0.416 e. The Morgan fingerprint density at radius 3 is 2.16 bits per heavy atom. The molecule has 0 unspecified atom stereocenters. The van der Waals surface area contributed by atoms with Crippen LogP contribution in [0, 0.1) is 18.6 Å². The van der Waals surface area contributed by atoms with Crippen molar-refractivity contribution in [2.75, 3.05) is 19.5 Å². The van der Waals surface area contributed by atoms with E-state index in [1.807, 2.05) is 0 Å². The zero-order chi connectivity index (χ0) is 23.3. The minimum Gasteiger partial charge on any atom is -0.466 e. The summed E-state index contributed by atoms with van der Waals surface area (Å²) < 4.78 is 80.5. The number of methoxy groups -OCH3 is 2. The SMILES string of the molecule is COC(=O)/C=C(/Nc1cccc(Oc2c(F)cc(C(F)(F)F)cc2F)c1C)C(=O)OC. The number of benzene rings is 2. The van der Waals surface area contributed by atoms with Gasteiger partial charge in [-0.05, 0) is 31.2 Å². The third-order valence-electron chi connectivity index (χ3n) is 3.96. The van der Waals surface area contributed by atoms with Gasteiger partial charge in [0.1, 0.15) is 11.4 Å². The summed E-state index contributed by atoms with van der Waals surface area (Å²) in [5.41, 5.74) is -1.40. The van der Waals surface area contributed by atoms with Crippen molar-refractivity contribution in [1.29, 1.82) is 0 Å². The number of halogens is 5. The molecule has 0 fully saturated rings. The maximum atomic E-state index is 14.1. The van der Waals surface area contributed by atoms with Gasteiger partial charge >= 0.3 is 18.1 Å². The van der Waals surface area contributed by atoms with Gasteiger partial charge in [0.2, 0.25) is 0 Å². The fourth-order valence-electron chi connectivity index (χ4n) is 2.37. The summed E-state index contributed by atoms with van der Waals surface area (Å²) in [4.78, 5) is 23.3. The van der Waals surface area contributed by atoms with Gasteiger partial charge in [0, 0.05) is 11.3 Å². The number of hydrogen-bond acceptors (Lipinski definition) is 6. The minimum atomic E-state index is -4.93. The number of ether oxygens (including phenoxy) is 3. The smallest absolute Gasteiger partial charge is 0.416 e. The zero-order valence-electron chi connectivity index (χ0n) is 16.4. The lowest BCUT2D eigenvalue weighted by Gasteiger charge is -2.16. The van der Waals surface area contributed by atoms with Crippen LogP contribution in [-0.2, 0) is 25.2 Å². The lowest BCUT2D eigenvalue weighted by molar-refractivity contribution is -0.138. The topological polar surface area (TPSA) is 73.9 Å². The Balaban J connectivity index is 2.40. The molecule has 1 N–H and O–H groups in total. The van der Waals surface area contributed by atoms with Gasteiger partial charge in [-0.25, -0.2) is 18.4 Å². The largest absolute Gasteiger partial charge is 0.466 e. The van der Waals surface area contributed by atoms with E-state index in [1.165, 1.54) is 25.1 Å². The van der Waals surface area contributed by atoms with Crippen LogP contribution in [0.5, 0.6) is 11.5 Å². The summed E-state index contributed by atoms with van der Waals surface area (Å²) in [5.74, 6) is -6.02. The number of esters is 2. The van der Waals surface area contributed by atoms with Crippen molar-refractivity contribution in [2.24, 2.45) is 0 Å². The van der Waals surface area contributed by atoms with Crippen LogP contribution in [0.2, 0.25) is 0 Å². The Bertz CT molecular complexity index is 1010. The van der Waals surface area contributed by atoms with Gasteiger partial charge in [-0.2, -0.15) is 13.2 Å². The fourth-order valence-corrected chi connectivity index (χ4v) is 2.37. The predicted octanol–water partition coefficient (Wildman–Crippen LogP) is 4.73. The van der Waals surface area contributed by atoms with E-state index < -0.39 is 41.1 Å². The number of carbonyl (C=O) groups excluding carboxylic acids is 2. The molecule has 0 heterocycles. The van der Waals surface area contributed by atoms with Crippen LogP contribution in [0.25, 0.3) is 0 Å². The van der Waals surface area contributed by atoms with Gasteiger partial charge in [-0.3, -0.25) is 0 Å². The van der Waals surface area contributed by atoms with E-state index in [0.717, 1.165) is 20.3 Å². The van der Waals surface area contributed by atoms with E-state index in [-0.39, 0.29) is 34.8 Å².